The van der Waals surface area contributed by atoms with Crippen LogP contribution in [0.4, 0.5) is 13.2 Å². The van der Waals surface area contributed by atoms with E-state index in [1.807, 2.05) is 0 Å². The van der Waals surface area contributed by atoms with Crippen molar-refractivity contribution in [3.63, 3.8) is 0 Å². The highest BCUT2D eigenvalue weighted by molar-refractivity contribution is 7.88. The monoisotopic (exact) mass is 348 g/mol. The van der Waals surface area contributed by atoms with Gasteiger partial charge < -0.3 is 4.18 Å². The maximum Gasteiger partial charge on any atom is 0.534 e. The summed E-state index contributed by atoms with van der Waals surface area (Å²) in [6.45, 7) is 4.29. The number of benzene rings is 1. The molecule has 0 saturated heterocycles. The molecule has 1 fully saturated rings. The van der Waals surface area contributed by atoms with E-state index >= 15 is 0 Å². The van der Waals surface area contributed by atoms with E-state index < -0.39 is 15.6 Å². The number of fused-ring (bicyclic) bond motifs is 4. The van der Waals surface area contributed by atoms with Crippen LogP contribution in [0.25, 0.3) is 0 Å². The van der Waals surface area contributed by atoms with E-state index in [4.69, 9.17) is 0 Å². The first-order valence-corrected chi connectivity index (χ1v) is 9.09. The predicted molar refractivity (Wildman–Crippen MR) is 79.6 cm³/mol. The van der Waals surface area contributed by atoms with Crippen molar-refractivity contribution in [3.05, 3.63) is 29.3 Å². The van der Waals surface area contributed by atoms with Crippen molar-refractivity contribution in [2.75, 3.05) is 0 Å². The van der Waals surface area contributed by atoms with E-state index in [9.17, 15) is 21.6 Å². The second-order valence-corrected chi connectivity index (χ2v) is 8.40. The van der Waals surface area contributed by atoms with Gasteiger partial charge in [0.15, 0.2) is 0 Å². The molecule has 2 aliphatic carbocycles. The molecule has 0 aromatic heterocycles. The summed E-state index contributed by atoms with van der Waals surface area (Å²) in [5.74, 6) is 0.726. The summed E-state index contributed by atoms with van der Waals surface area (Å²) >= 11 is 0. The lowest BCUT2D eigenvalue weighted by Crippen LogP contribution is -2.44. The van der Waals surface area contributed by atoms with Gasteiger partial charge in [0, 0.05) is 0 Å². The quantitative estimate of drug-likeness (QED) is 0.595. The van der Waals surface area contributed by atoms with Crippen LogP contribution in [0.2, 0.25) is 0 Å². The lowest BCUT2D eigenvalue weighted by atomic mass is 9.55. The van der Waals surface area contributed by atoms with Crippen LogP contribution in [0.15, 0.2) is 18.2 Å². The van der Waals surface area contributed by atoms with E-state index in [1.165, 1.54) is 12.1 Å². The fourth-order valence-corrected chi connectivity index (χ4v) is 4.61. The molecule has 0 amide bonds. The molecule has 3 rings (SSSR count). The van der Waals surface area contributed by atoms with Crippen molar-refractivity contribution in [2.45, 2.75) is 50.5 Å². The summed E-state index contributed by atoms with van der Waals surface area (Å²) < 4.78 is 64.2. The van der Waals surface area contributed by atoms with Gasteiger partial charge in [0.2, 0.25) is 0 Å². The van der Waals surface area contributed by atoms with Crippen LogP contribution in [0, 0.1) is 11.8 Å². The molecular formula is C16H19F3O3S. The Kier molecular flexibility index (Phi) is 3.70. The van der Waals surface area contributed by atoms with Crippen molar-refractivity contribution in [2.24, 2.45) is 11.8 Å². The highest BCUT2D eigenvalue weighted by atomic mass is 32.2. The smallest absolute Gasteiger partial charge is 0.376 e. The first-order valence-electron chi connectivity index (χ1n) is 7.69. The summed E-state index contributed by atoms with van der Waals surface area (Å²) in [4.78, 5) is 0. The van der Waals surface area contributed by atoms with Crippen LogP contribution in [-0.2, 0) is 22.0 Å². The lowest BCUT2D eigenvalue weighted by Gasteiger charge is -2.50. The summed E-state index contributed by atoms with van der Waals surface area (Å²) in [5.41, 5.74) is -3.55. The third-order valence-electron chi connectivity index (χ3n) is 5.65. The topological polar surface area (TPSA) is 43.4 Å². The highest BCUT2D eigenvalue weighted by Crippen LogP contribution is 2.52. The van der Waals surface area contributed by atoms with Crippen molar-refractivity contribution in [1.82, 2.24) is 0 Å². The minimum absolute atomic E-state index is 0.141. The Balaban J connectivity index is 2.00. The van der Waals surface area contributed by atoms with Crippen molar-refractivity contribution < 1.29 is 25.8 Å². The number of halogens is 3. The molecule has 0 spiro atoms. The molecule has 3 atom stereocenters. The number of alkyl halides is 3. The molecule has 2 aliphatic rings. The SMILES string of the molecule is C[C@H]1[C@@H]2CCC[C@@]1(C)c1cc(OS(=O)(=O)C(F)(F)F)ccc1C2. The first-order chi connectivity index (χ1) is 10.5. The van der Waals surface area contributed by atoms with E-state index in [0.29, 0.717) is 11.8 Å². The predicted octanol–water partition coefficient (Wildman–Crippen LogP) is 4.17. The largest absolute Gasteiger partial charge is 0.534 e. The van der Waals surface area contributed by atoms with Gasteiger partial charge in [-0.15, -0.1) is 0 Å². The minimum atomic E-state index is -5.63. The maximum absolute atomic E-state index is 12.5. The lowest BCUT2D eigenvalue weighted by molar-refractivity contribution is -0.0500. The molecule has 23 heavy (non-hydrogen) atoms. The molecule has 0 N–H and O–H groups in total. The zero-order chi connectivity index (χ0) is 17.0. The molecule has 1 saturated carbocycles. The van der Waals surface area contributed by atoms with Gasteiger partial charge in [-0.2, -0.15) is 21.6 Å². The van der Waals surface area contributed by atoms with Crippen LogP contribution in [-0.4, -0.2) is 13.9 Å². The van der Waals surface area contributed by atoms with E-state index in [1.54, 1.807) is 6.07 Å². The summed E-state index contributed by atoms with van der Waals surface area (Å²) in [6, 6.07) is 4.51. The van der Waals surface area contributed by atoms with Crippen LogP contribution in [0.1, 0.15) is 44.2 Å². The zero-order valence-electron chi connectivity index (χ0n) is 13.0. The van der Waals surface area contributed by atoms with Gasteiger partial charge in [-0.05, 0) is 59.8 Å². The first kappa shape index (κ1) is 16.6. The van der Waals surface area contributed by atoms with E-state index in [2.05, 4.69) is 18.0 Å². The average molecular weight is 348 g/mol. The molecule has 128 valence electrons. The normalized spacial score (nSPS) is 30.7. The Morgan fingerprint density at radius 2 is 2.00 bits per heavy atom. The third kappa shape index (κ3) is 2.62. The molecule has 2 bridgehead atoms. The molecule has 1 aromatic carbocycles. The molecule has 0 unspecified atom stereocenters. The summed E-state index contributed by atoms with van der Waals surface area (Å²) in [5, 5.41) is 0. The average Bonchev–Trinajstić information content (AvgIpc) is 2.42. The molecule has 7 heteroatoms. The third-order valence-corrected chi connectivity index (χ3v) is 6.63. The van der Waals surface area contributed by atoms with Gasteiger partial charge >= 0.3 is 15.6 Å². The molecule has 3 nitrogen and oxygen atoms in total. The standard InChI is InChI=1S/C16H19F3O3S/c1-10-11-4-3-7-15(10,2)14-9-13(6-5-12(14)8-11)22-23(20,21)16(17,18)19/h5-6,9-11H,3-4,7-8H2,1-2H3/t10-,11+,15+/m0/s1. The summed E-state index contributed by atoms with van der Waals surface area (Å²) in [6.07, 6.45) is 4.08. The second kappa shape index (κ2) is 5.13. The maximum atomic E-state index is 12.5. The Labute approximate surface area is 134 Å². The van der Waals surface area contributed by atoms with Crippen LogP contribution >= 0.6 is 0 Å². The van der Waals surface area contributed by atoms with Crippen molar-refractivity contribution in [1.29, 1.82) is 0 Å². The Bertz CT molecular complexity index is 727. The molecule has 0 radical (unpaired) electrons. The summed E-state index contributed by atoms with van der Waals surface area (Å²) in [7, 11) is -5.63. The zero-order valence-corrected chi connectivity index (χ0v) is 13.8. The van der Waals surface area contributed by atoms with Gasteiger partial charge in [-0.25, -0.2) is 0 Å². The van der Waals surface area contributed by atoms with Gasteiger partial charge in [0.05, 0.1) is 0 Å². The Morgan fingerprint density at radius 1 is 1.30 bits per heavy atom. The fourth-order valence-electron chi connectivity index (χ4n) is 4.16. The molecular weight excluding hydrogens is 329 g/mol. The number of hydrogen-bond acceptors (Lipinski definition) is 3. The van der Waals surface area contributed by atoms with Crippen molar-refractivity contribution in [3.8, 4) is 5.75 Å². The minimum Gasteiger partial charge on any atom is -0.376 e. The van der Waals surface area contributed by atoms with Gasteiger partial charge in [-0.3, -0.25) is 0 Å². The van der Waals surface area contributed by atoms with Crippen LogP contribution < -0.4 is 4.18 Å². The molecule has 1 aromatic rings. The van der Waals surface area contributed by atoms with Gasteiger partial charge in [-0.1, -0.05) is 26.3 Å². The second-order valence-electron chi connectivity index (χ2n) is 6.86. The van der Waals surface area contributed by atoms with Crippen LogP contribution in [0.5, 0.6) is 5.75 Å². The Morgan fingerprint density at radius 3 is 2.65 bits per heavy atom. The van der Waals surface area contributed by atoms with Crippen LogP contribution in [0.3, 0.4) is 0 Å². The van der Waals surface area contributed by atoms with Crippen molar-refractivity contribution >= 4 is 10.1 Å². The van der Waals surface area contributed by atoms with Gasteiger partial charge in [0.1, 0.15) is 5.75 Å². The molecule has 0 heterocycles. The van der Waals surface area contributed by atoms with E-state index in [0.717, 1.165) is 36.8 Å². The fraction of sp³-hybridized carbons (Fsp3) is 0.625. The highest BCUT2D eigenvalue weighted by Gasteiger charge is 2.49. The molecule has 0 aliphatic heterocycles. The van der Waals surface area contributed by atoms with Gasteiger partial charge in [0.25, 0.3) is 0 Å². The number of hydrogen-bond donors (Lipinski definition) is 0. The Hall–Kier alpha value is -1.24. The number of rotatable bonds is 2. The van der Waals surface area contributed by atoms with E-state index in [-0.39, 0.29) is 11.2 Å².